The molecule has 0 aliphatic heterocycles. The van der Waals surface area contributed by atoms with Crippen LogP contribution >= 0.6 is 0 Å². The van der Waals surface area contributed by atoms with E-state index in [4.69, 9.17) is 0 Å². The maximum absolute atomic E-state index is 12.3. The maximum atomic E-state index is 12.3. The van der Waals surface area contributed by atoms with Gasteiger partial charge in [0, 0.05) is 37.8 Å². The highest BCUT2D eigenvalue weighted by Gasteiger charge is 2.15. The molecule has 2 aromatic rings. The summed E-state index contributed by atoms with van der Waals surface area (Å²) in [7, 11) is 0. The summed E-state index contributed by atoms with van der Waals surface area (Å²) < 4.78 is 0. The van der Waals surface area contributed by atoms with E-state index in [9.17, 15) is 4.79 Å². The van der Waals surface area contributed by atoms with E-state index in [1.807, 2.05) is 30.0 Å². The molecule has 1 aromatic carbocycles. The summed E-state index contributed by atoms with van der Waals surface area (Å²) >= 11 is 0. The highest BCUT2D eigenvalue weighted by Crippen LogP contribution is 2.22. The Balaban J connectivity index is 2.04. The zero-order valence-electron chi connectivity index (χ0n) is 15.2. The van der Waals surface area contributed by atoms with Gasteiger partial charge in [0.2, 0.25) is 5.91 Å². The van der Waals surface area contributed by atoms with Crippen molar-refractivity contribution in [3.63, 3.8) is 0 Å². The van der Waals surface area contributed by atoms with Gasteiger partial charge in [0.25, 0.3) is 0 Å². The van der Waals surface area contributed by atoms with Gasteiger partial charge in [-0.25, -0.2) is 0 Å². The van der Waals surface area contributed by atoms with Gasteiger partial charge in [-0.1, -0.05) is 58.0 Å². The first-order valence-corrected chi connectivity index (χ1v) is 8.67. The van der Waals surface area contributed by atoms with Crippen LogP contribution in [0.5, 0.6) is 0 Å². The minimum absolute atomic E-state index is 0.149. The van der Waals surface area contributed by atoms with Gasteiger partial charge in [-0.3, -0.25) is 9.78 Å². The van der Waals surface area contributed by atoms with Crippen molar-refractivity contribution in [2.45, 2.75) is 52.5 Å². The highest BCUT2D eigenvalue weighted by molar-refractivity contribution is 5.75. The van der Waals surface area contributed by atoms with Crippen LogP contribution < -0.4 is 0 Å². The summed E-state index contributed by atoms with van der Waals surface area (Å²) in [6.45, 7) is 9.90. The Morgan fingerprint density at radius 2 is 1.79 bits per heavy atom. The van der Waals surface area contributed by atoms with Crippen LogP contribution in [0, 0.1) is 0 Å². The average molecular weight is 324 g/mol. The minimum atomic E-state index is 0.149. The molecular formula is C21H28N2O. The van der Waals surface area contributed by atoms with Crippen LogP contribution in [0.3, 0.4) is 0 Å². The van der Waals surface area contributed by atoms with Crippen LogP contribution in [0.1, 0.15) is 50.9 Å². The quantitative estimate of drug-likeness (QED) is 0.791. The van der Waals surface area contributed by atoms with Crippen molar-refractivity contribution in [1.82, 2.24) is 9.88 Å². The Hall–Kier alpha value is -2.16. The van der Waals surface area contributed by atoms with Gasteiger partial charge in [0.1, 0.15) is 0 Å². The van der Waals surface area contributed by atoms with E-state index in [2.05, 4.69) is 50.0 Å². The Morgan fingerprint density at radius 1 is 1.08 bits per heavy atom. The summed E-state index contributed by atoms with van der Waals surface area (Å²) in [5, 5.41) is 0. The predicted molar refractivity (Wildman–Crippen MR) is 98.8 cm³/mol. The lowest BCUT2D eigenvalue weighted by Crippen LogP contribution is -2.32. The molecule has 0 saturated carbocycles. The fourth-order valence-corrected chi connectivity index (χ4v) is 2.64. The van der Waals surface area contributed by atoms with Crippen LogP contribution in [0.2, 0.25) is 0 Å². The van der Waals surface area contributed by atoms with Gasteiger partial charge in [-0.2, -0.15) is 0 Å². The Morgan fingerprint density at radius 3 is 2.33 bits per heavy atom. The van der Waals surface area contributed by atoms with Crippen molar-refractivity contribution in [2.24, 2.45) is 0 Å². The smallest absolute Gasteiger partial charge is 0.222 e. The molecule has 0 aliphatic rings. The molecule has 0 saturated heterocycles. The summed E-state index contributed by atoms with van der Waals surface area (Å²) in [6, 6.07) is 14.5. The molecule has 24 heavy (non-hydrogen) atoms. The van der Waals surface area contributed by atoms with Crippen molar-refractivity contribution in [2.75, 3.05) is 6.54 Å². The molecule has 0 radical (unpaired) electrons. The molecule has 128 valence electrons. The molecule has 2 rings (SSSR count). The van der Waals surface area contributed by atoms with E-state index in [1.165, 1.54) is 11.1 Å². The summed E-state index contributed by atoms with van der Waals surface area (Å²) in [5.74, 6) is 0.186. The van der Waals surface area contributed by atoms with E-state index >= 15 is 0 Å². The number of carbonyl (C=O) groups excluding carboxylic acids is 1. The van der Waals surface area contributed by atoms with Crippen molar-refractivity contribution < 1.29 is 4.79 Å². The molecule has 0 bridgehead atoms. The fourth-order valence-electron chi connectivity index (χ4n) is 2.64. The second kappa shape index (κ2) is 8.09. The standard InChI is InChI=1S/C21H28N2O/c1-5-20(24)23(15-13-19-8-6-7-14-22-19)16-17-9-11-18(12-10-17)21(2,3)4/h6-12,14H,5,13,15-16H2,1-4H3. The molecule has 1 heterocycles. The van der Waals surface area contributed by atoms with E-state index in [0.29, 0.717) is 19.5 Å². The van der Waals surface area contributed by atoms with Crippen molar-refractivity contribution >= 4 is 5.91 Å². The summed E-state index contributed by atoms with van der Waals surface area (Å²) in [6.07, 6.45) is 3.11. The van der Waals surface area contributed by atoms with E-state index in [-0.39, 0.29) is 11.3 Å². The second-order valence-electron chi connectivity index (χ2n) is 7.19. The summed E-state index contributed by atoms with van der Waals surface area (Å²) in [5.41, 5.74) is 3.66. The molecule has 0 unspecified atom stereocenters. The van der Waals surface area contributed by atoms with Crippen molar-refractivity contribution in [3.8, 4) is 0 Å². The van der Waals surface area contributed by atoms with Gasteiger partial charge in [-0.15, -0.1) is 0 Å². The van der Waals surface area contributed by atoms with Crippen LogP contribution in [-0.4, -0.2) is 22.3 Å². The third-order valence-electron chi connectivity index (χ3n) is 4.21. The van der Waals surface area contributed by atoms with Gasteiger partial charge >= 0.3 is 0 Å². The number of nitrogens with zero attached hydrogens (tertiary/aromatic N) is 2. The van der Waals surface area contributed by atoms with Crippen molar-refractivity contribution in [3.05, 3.63) is 65.5 Å². The topological polar surface area (TPSA) is 33.2 Å². The first-order valence-electron chi connectivity index (χ1n) is 8.67. The molecular weight excluding hydrogens is 296 g/mol. The van der Waals surface area contributed by atoms with Gasteiger partial charge < -0.3 is 4.90 Å². The molecule has 0 spiro atoms. The number of carbonyl (C=O) groups is 1. The third kappa shape index (κ3) is 5.19. The molecule has 1 amide bonds. The monoisotopic (exact) mass is 324 g/mol. The number of pyridine rings is 1. The largest absolute Gasteiger partial charge is 0.338 e. The number of benzene rings is 1. The first-order chi connectivity index (χ1) is 11.4. The Labute approximate surface area is 145 Å². The molecule has 3 nitrogen and oxygen atoms in total. The second-order valence-corrected chi connectivity index (χ2v) is 7.19. The van der Waals surface area contributed by atoms with E-state index in [0.717, 1.165) is 12.1 Å². The summed E-state index contributed by atoms with van der Waals surface area (Å²) in [4.78, 5) is 18.5. The predicted octanol–water partition coefficient (Wildman–Crippen LogP) is 4.36. The zero-order valence-corrected chi connectivity index (χ0v) is 15.2. The molecule has 0 N–H and O–H groups in total. The first kappa shape index (κ1) is 18.2. The lowest BCUT2D eigenvalue weighted by molar-refractivity contribution is -0.131. The lowest BCUT2D eigenvalue weighted by atomic mass is 9.87. The zero-order chi connectivity index (χ0) is 17.6. The van der Waals surface area contributed by atoms with Crippen LogP contribution in [0.25, 0.3) is 0 Å². The normalized spacial score (nSPS) is 11.3. The Kier molecular flexibility index (Phi) is 6.13. The van der Waals surface area contributed by atoms with Crippen LogP contribution in [0.15, 0.2) is 48.7 Å². The van der Waals surface area contributed by atoms with E-state index in [1.54, 1.807) is 6.20 Å². The molecule has 0 atom stereocenters. The van der Waals surface area contributed by atoms with Crippen LogP contribution in [0.4, 0.5) is 0 Å². The van der Waals surface area contributed by atoms with Gasteiger partial charge in [0.05, 0.1) is 0 Å². The van der Waals surface area contributed by atoms with Gasteiger partial charge in [0.15, 0.2) is 0 Å². The number of rotatable bonds is 6. The number of hydrogen-bond donors (Lipinski definition) is 0. The number of hydrogen-bond acceptors (Lipinski definition) is 2. The van der Waals surface area contributed by atoms with Crippen molar-refractivity contribution in [1.29, 1.82) is 0 Å². The number of amides is 1. The van der Waals surface area contributed by atoms with Crippen LogP contribution in [-0.2, 0) is 23.2 Å². The SMILES string of the molecule is CCC(=O)N(CCc1ccccn1)Cc1ccc(C(C)(C)C)cc1. The Bertz CT molecular complexity index is 642. The molecule has 3 heteroatoms. The lowest BCUT2D eigenvalue weighted by Gasteiger charge is -2.23. The average Bonchev–Trinajstić information content (AvgIpc) is 2.58. The maximum Gasteiger partial charge on any atom is 0.222 e. The third-order valence-corrected chi connectivity index (χ3v) is 4.21. The fraction of sp³-hybridized carbons (Fsp3) is 0.429. The number of aromatic nitrogens is 1. The molecule has 0 aliphatic carbocycles. The molecule has 1 aromatic heterocycles. The minimum Gasteiger partial charge on any atom is -0.338 e. The highest BCUT2D eigenvalue weighted by atomic mass is 16.2. The van der Waals surface area contributed by atoms with Gasteiger partial charge in [-0.05, 0) is 28.7 Å². The molecule has 0 fully saturated rings. The van der Waals surface area contributed by atoms with E-state index < -0.39 is 0 Å².